The highest BCUT2D eigenvalue weighted by Crippen LogP contribution is 2.41. The summed E-state index contributed by atoms with van der Waals surface area (Å²) >= 11 is 0. The van der Waals surface area contributed by atoms with Gasteiger partial charge in [-0.15, -0.1) is 0 Å². The number of hydrogen-bond acceptors (Lipinski definition) is 4. The molecule has 0 atom stereocenters. The molecule has 2 heterocycles. The molecule has 124 valence electrons. The number of carbonyl (C=O) groups is 2. The van der Waals surface area contributed by atoms with Gasteiger partial charge in [0, 0.05) is 45.7 Å². The van der Waals surface area contributed by atoms with Gasteiger partial charge in [0.1, 0.15) is 6.33 Å². The largest absolute Gasteiger partial charge is 0.289 e. The fourth-order valence-electron chi connectivity index (χ4n) is 3.68. The van der Waals surface area contributed by atoms with Crippen molar-refractivity contribution in [3.63, 3.8) is 0 Å². The molecule has 0 N–H and O–H groups in total. The Kier molecular flexibility index (Phi) is 2.94. The third-order valence-corrected chi connectivity index (χ3v) is 4.75. The lowest BCUT2D eigenvalue weighted by Gasteiger charge is -2.22. The van der Waals surface area contributed by atoms with Crippen LogP contribution in [0.3, 0.4) is 0 Å². The molecule has 26 heavy (non-hydrogen) atoms. The van der Waals surface area contributed by atoms with Crippen molar-refractivity contribution < 1.29 is 9.59 Å². The van der Waals surface area contributed by atoms with Crippen LogP contribution in [0.1, 0.15) is 32.0 Å². The van der Waals surface area contributed by atoms with E-state index in [-0.39, 0.29) is 11.7 Å². The van der Waals surface area contributed by atoms with Gasteiger partial charge in [-0.3, -0.25) is 19.1 Å². The fourth-order valence-corrected chi connectivity index (χ4v) is 3.68. The molecule has 0 fully saturated rings. The van der Waals surface area contributed by atoms with Crippen LogP contribution in [0.25, 0.3) is 22.0 Å². The van der Waals surface area contributed by atoms with E-state index >= 15 is 0 Å². The van der Waals surface area contributed by atoms with Crippen molar-refractivity contribution in [3.05, 3.63) is 83.6 Å². The van der Waals surface area contributed by atoms with Gasteiger partial charge >= 0.3 is 0 Å². The normalized spacial score (nSPS) is 12.3. The summed E-state index contributed by atoms with van der Waals surface area (Å²) in [4.78, 5) is 34.6. The molecule has 4 aromatic rings. The first-order chi connectivity index (χ1) is 12.6. The molecule has 5 heteroatoms. The molecule has 5 nitrogen and oxygen atoms in total. The van der Waals surface area contributed by atoms with Crippen LogP contribution in [0.4, 0.5) is 0 Å². The topological polar surface area (TPSA) is 64.8 Å². The number of imidazole rings is 1. The second-order valence-corrected chi connectivity index (χ2v) is 6.34. The van der Waals surface area contributed by atoms with E-state index in [0.29, 0.717) is 22.3 Å². The number of ketones is 1. The van der Waals surface area contributed by atoms with E-state index in [4.69, 9.17) is 0 Å². The average Bonchev–Trinajstić information content (AvgIpc) is 3.19. The maximum Gasteiger partial charge on any atom is 0.263 e. The zero-order valence-electron chi connectivity index (χ0n) is 13.9. The van der Waals surface area contributed by atoms with Crippen LogP contribution in [-0.4, -0.2) is 26.2 Å². The van der Waals surface area contributed by atoms with Crippen molar-refractivity contribution in [2.45, 2.75) is 6.92 Å². The number of aryl methyl sites for hydroxylation is 1. The molecule has 0 saturated heterocycles. The zero-order chi connectivity index (χ0) is 17.8. The summed E-state index contributed by atoms with van der Waals surface area (Å²) < 4.78 is 1.42. The first-order valence-electron chi connectivity index (χ1n) is 8.26. The number of carbonyl (C=O) groups excluding carboxylic acids is 2. The average molecular weight is 339 g/mol. The molecule has 0 unspecified atom stereocenters. The summed E-state index contributed by atoms with van der Waals surface area (Å²) in [5.41, 5.74) is 4.81. The monoisotopic (exact) mass is 339 g/mol. The van der Waals surface area contributed by atoms with Crippen molar-refractivity contribution in [2.24, 2.45) is 0 Å². The third-order valence-electron chi connectivity index (χ3n) is 4.75. The highest BCUT2D eigenvalue weighted by Gasteiger charge is 2.29. The molecule has 1 aliphatic carbocycles. The first kappa shape index (κ1) is 14.7. The Morgan fingerprint density at radius 2 is 1.85 bits per heavy atom. The van der Waals surface area contributed by atoms with Crippen LogP contribution in [0.15, 0.2) is 61.2 Å². The lowest BCUT2D eigenvalue weighted by molar-refractivity contribution is 0.0960. The van der Waals surface area contributed by atoms with Crippen LogP contribution >= 0.6 is 0 Å². The van der Waals surface area contributed by atoms with Crippen LogP contribution in [0, 0.1) is 6.92 Å². The molecule has 0 aliphatic heterocycles. The summed E-state index contributed by atoms with van der Waals surface area (Å²) in [6, 6.07) is 12.8. The van der Waals surface area contributed by atoms with E-state index in [1.165, 1.54) is 10.9 Å². The second kappa shape index (κ2) is 5.20. The number of benzene rings is 2. The number of hydrogen-bond donors (Lipinski definition) is 0. The predicted octanol–water partition coefficient (Wildman–Crippen LogP) is 3.64. The van der Waals surface area contributed by atoms with Gasteiger partial charge in [-0.1, -0.05) is 24.3 Å². The summed E-state index contributed by atoms with van der Waals surface area (Å²) in [5.74, 6) is -0.293. The maximum atomic E-state index is 13.1. The van der Waals surface area contributed by atoms with Crippen molar-refractivity contribution in [1.29, 1.82) is 0 Å². The number of aromatic nitrogens is 3. The summed E-state index contributed by atoms with van der Waals surface area (Å²) in [6.45, 7) is 1.92. The molecule has 2 aromatic carbocycles. The van der Waals surface area contributed by atoms with E-state index < -0.39 is 0 Å². The van der Waals surface area contributed by atoms with Gasteiger partial charge in [-0.05, 0) is 30.7 Å². The van der Waals surface area contributed by atoms with Crippen LogP contribution in [0.5, 0.6) is 0 Å². The Hall–Kier alpha value is -3.60. The number of rotatable bonds is 1. The van der Waals surface area contributed by atoms with Crippen LogP contribution in [-0.2, 0) is 0 Å². The quantitative estimate of drug-likeness (QED) is 0.468. The highest BCUT2D eigenvalue weighted by molar-refractivity contribution is 6.27. The van der Waals surface area contributed by atoms with E-state index in [9.17, 15) is 9.59 Å². The van der Waals surface area contributed by atoms with Crippen molar-refractivity contribution in [3.8, 4) is 11.1 Å². The van der Waals surface area contributed by atoms with E-state index in [1.807, 2.05) is 31.2 Å². The standard InChI is InChI=1S/C21H13N3O2/c1-12-10-16-18-13(20(25)14-5-3-7-17(23-12)19(14)16)4-2-6-15(18)21(26)24-9-8-22-11-24/h2-11H,1H3. The summed E-state index contributed by atoms with van der Waals surface area (Å²) in [7, 11) is 0. The van der Waals surface area contributed by atoms with Crippen molar-refractivity contribution in [1.82, 2.24) is 14.5 Å². The molecular weight excluding hydrogens is 326 g/mol. The van der Waals surface area contributed by atoms with Gasteiger partial charge in [0.05, 0.1) is 5.52 Å². The molecule has 0 bridgehead atoms. The van der Waals surface area contributed by atoms with Crippen molar-refractivity contribution in [2.75, 3.05) is 0 Å². The SMILES string of the molecule is Cc1cc2c3c(cccc3n1)C(=O)c1cccc(C(=O)n3ccnc3)c1-2. The highest BCUT2D eigenvalue weighted by atomic mass is 16.2. The Labute approximate surface area is 148 Å². The van der Waals surface area contributed by atoms with E-state index in [0.717, 1.165) is 22.2 Å². The molecule has 1 aliphatic rings. The Bertz CT molecular complexity index is 1220. The number of nitrogens with zero attached hydrogens (tertiary/aromatic N) is 3. The summed E-state index contributed by atoms with van der Waals surface area (Å²) in [5, 5.41) is 0.807. The first-order valence-corrected chi connectivity index (χ1v) is 8.26. The lowest BCUT2D eigenvalue weighted by Crippen LogP contribution is -2.17. The molecule has 0 spiro atoms. The fraction of sp³-hybridized carbons (Fsp3) is 0.0476. The van der Waals surface area contributed by atoms with Gasteiger partial charge in [0.2, 0.25) is 0 Å². The van der Waals surface area contributed by atoms with E-state index in [1.54, 1.807) is 30.6 Å². The number of fused-ring (bicyclic) bond motifs is 2. The van der Waals surface area contributed by atoms with Gasteiger partial charge in [0.25, 0.3) is 5.91 Å². The van der Waals surface area contributed by atoms with Gasteiger partial charge in [-0.2, -0.15) is 0 Å². The zero-order valence-corrected chi connectivity index (χ0v) is 13.9. The molecular formula is C21H13N3O2. The molecule has 0 saturated carbocycles. The molecule has 5 rings (SSSR count). The third kappa shape index (κ3) is 1.91. The summed E-state index contributed by atoms with van der Waals surface area (Å²) in [6.07, 6.45) is 4.63. The minimum atomic E-state index is -0.214. The Morgan fingerprint density at radius 1 is 1.04 bits per heavy atom. The Morgan fingerprint density at radius 3 is 2.65 bits per heavy atom. The lowest BCUT2D eigenvalue weighted by atomic mass is 9.81. The van der Waals surface area contributed by atoms with Crippen LogP contribution in [0.2, 0.25) is 0 Å². The van der Waals surface area contributed by atoms with Crippen LogP contribution < -0.4 is 0 Å². The predicted molar refractivity (Wildman–Crippen MR) is 97.3 cm³/mol. The minimum absolute atomic E-state index is 0.0796. The Balaban J connectivity index is 1.91. The maximum absolute atomic E-state index is 13.1. The minimum Gasteiger partial charge on any atom is -0.289 e. The number of pyridine rings is 1. The van der Waals surface area contributed by atoms with Gasteiger partial charge < -0.3 is 0 Å². The van der Waals surface area contributed by atoms with Gasteiger partial charge in [-0.25, -0.2) is 4.98 Å². The van der Waals surface area contributed by atoms with Crippen molar-refractivity contribution >= 4 is 22.6 Å². The van der Waals surface area contributed by atoms with Gasteiger partial charge in [0.15, 0.2) is 5.78 Å². The second-order valence-electron chi connectivity index (χ2n) is 6.34. The molecule has 2 aromatic heterocycles. The van der Waals surface area contributed by atoms with E-state index in [2.05, 4.69) is 9.97 Å². The smallest absolute Gasteiger partial charge is 0.263 e. The molecule has 0 amide bonds. The molecule has 0 radical (unpaired) electrons.